The molecular formula is C20H24N4O4S. The summed E-state index contributed by atoms with van der Waals surface area (Å²) in [7, 11) is -3.71. The molecule has 3 rings (SSSR count). The van der Waals surface area contributed by atoms with E-state index < -0.39 is 10.0 Å². The largest absolute Gasteiger partial charge is 0.354 e. The van der Waals surface area contributed by atoms with E-state index in [2.05, 4.69) is 10.3 Å². The van der Waals surface area contributed by atoms with Crippen LogP contribution in [0.1, 0.15) is 23.2 Å². The van der Waals surface area contributed by atoms with Gasteiger partial charge in [-0.05, 0) is 30.7 Å². The molecule has 0 saturated carbocycles. The van der Waals surface area contributed by atoms with E-state index in [1.165, 1.54) is 4.31 Å². The van der Waals surface area contributed by atoms with E-state index in [1.54, 1.807) is 59.8 Å². The number of nitrogens with one attached hydrogen (secondary N) is 1. The average Bonchev–Trinajstić information content (AvgIpc) is 2.79. The maximum atomic E-state index is 13.0. The number of hydrogen-bond acceptors (Lipinski definition) is 5. The molecule has 1 saturated heterocycles. The first-order valence-electron chi connectivity index (χ1n) is 9.50. The Bertz CT molecular complexity index is 935. The summed E-state index contributed by atoms with van der Waals surface area (Å²) in [6.45, 7) is 1.39. The maximum absolute atomic E-state index is 13.0. The smallest absolute Gasteiger partial charge is 0.254 e. The molecule has 29 heavy (non-hydrogen) atoms. The van der Waals surface area contributed by atoms with Gasteiger partial charge in [0.25, 0.3) is 5.91 Å². The van der Waals surface area contributed by atoms with Crippen LogP contribution in [0, 0.1) is 0 Å². The van der Waals surface area contributed by atoms with Crippen LogP contribution in [-0.4, -0.2) is 67.1 Å². The van der Waals surface area contributed by atoms with Crippen LogP contribution in [0.15, 0.2) is 59.8 Å². The number of sulfonamides is 1. The lowest BCUT2D eigenvalue weighted by Gasteiger charge is -2.25. The molecule has 8 nitrogen and oxygen atoms in total. The van der Waals surface area contributed by atoms with E-state index in [1.807, 2.05) is 0 Å². The van der Waals surface area contributed by atoms with Crippen LogP contribution in [-0.2, 0) is 14.8 Å². The van der Waals surface area contributed by atoms with Crippen LogP contribution in [0.4, 0.5) is 0 Å². The quantitative estimate of drug-likeness (QED) is 0.808. The Hall–Kier alpha value is -2.78. The Labute approximate surface area is 170 Å². The zero-order chi connectivity index (χ0) is 20.7. The van der Waals surface area contributed by atoms with Gasteiger partial charge in [0.05, 0.1) is 4.90 Å². The minimum atomic E-state index is -3.71. The molecule has 1 aliphatic heterocycles. The first kappa shape index (κ1) is 20.9. The van der Waals surface area contributed by atoms with Crippen molar-refractivity contribution in [1.29, 1.82) is 0 Å². The molecule has 1 aromatic carbocycles. The molecule has 0 bridgehead atoms. The molecule has 2 heterocycles. The molecular weight excluding hydrogens is 392 g/mol. The predicted octanol–water partition coefficient (Wildman–Crippen LogP) is 1.12. The van der Waals surface area contributed by atoms with Crippen molar-refractivity contribution in [2.75, 3.05) is 32.7 Å². The van der Waals surface area contributed by atoms with E-state index in [-0.39, 0.29) is 36.2 Å². The van der Waals surface area contributed by atoms with Crippen LogP contribution in [0.25, 0.3) is 0 Å². The summed E-state index contributed by atoms with van der Waals surface area (Å²) in [6, 6.07) is 11.4. The maximum Gasteiger partial charge on any atom is 0.254 e. The molecule has 1 N–H and O–H groups in total. The van der Waals surface area contributed by atoms with E-state index in [0.717, 1.165) is 0 Å². The lowest BCUT2D eigenvalue weighted by molar-refractivity contribution is -0.121. The van der Waals surface area contributed by atoms with Crippen molar-refractivity contribution >= 4 is 21.8 Å². The fourth-order valence-corrected chi connectivity index (χ4v) is 4.67. The highest BCUT2D eigenvalue weighted by atomic mass is 32.2. The molecule has 1 fully saturated rings. The van der Waals surface area contributed by atoms with Crippen molar-refractivity contribution < 1.29 is 18.0 Å². The van der Waals surface area contributed by atoms with Crippen molar-refractivity contribution in [3.8, 4) is 0 Å². The molecule has 0 radical (unpaired) electrons. The van der Waals surface area contributed by atoms with Gasteiger partial charge in [-0.1, -0.05) is 18.2 Å². The standard InChI is InChI=1S/C20H24N4O4S/c25-19-9-15-24(29(27,28)18-5-2-1-3-6-18)14-4-13-23(16-12-22-19)20(26)17-7-10-21-11-8-17/h1-3,5-8,10-11H,4,9,12-16H2,(H,22,25). The van der Waals surface area contributed by atoms with E-state index in [0.29, 0.717) is 31.6 Å². The van der Waals surface area contributed by atoms with Gasteiger partial charge in [0.2, 0.25) is 15.9 Å². The van der Waals surface area contributed by atoms with Gasteiger partial charge < -0.3 is 10.2 Å². The van der Waals surface area contributed by atoms with Crippen molar-refractivity contribution in [2.24, 2.45) is 0 Å². The molecule has 0 spiro atoms. The van der Waals surface area contributed by atoms with Gasteiger partial charge in [0, 0.05) is 57.1 Å². The number of carbonyl (C=O) groups is 2. The zero-order valence-electron chi connectivity index (χ0n) is 16.0. The molecule has 0 aliphatic carbocycles. The fraction of sp³-hybridized carbons (Fsp3) is 0.350. The van der Waals surface area contributed by atoms with E-state index in [9.17, 15) is 18.0 Å². The Balaban J connectivity index is 1.77. The lowest BCUT2D eigenvalue weighted by atomic mass is 10.2. The molecule has 2 amide bonds. The van der Waals surface area contributed by atoms with Gasteiger partial charge in [0.1, 0.15) is 0 Å². The Morgan fingerprint density at radius 3 is 2.41 bits per heavy atom. The number of nitrogens with zero attached hydrogens (tertiary/aromatic N) is 3. The summed E-state index contributed by atoms with van der Waals surface area (Å²) < 4.78 is 27.3. The summed E-state index contributed by atoms with van der Waals surface area (Å²) in [5.74, 6) is -0.408. The third-order valence-corrected chi connectivity index (χ3v) is 6.64. The number of aromatic nitrogens is 1. The highest BCUT2D eigenvalue weighted by molar-refractivity contribution is 7.89. The van der Waals surface area contributed by atoms with Crippen LogP contribution in [0.3, 0.4) is 0 Å². The third kappa shape index (κ3) is 5.39. The Kier molecular flexibility index (Phi) is 6.95. The van der Waals surface area contributed by atoms with Crippen LogP contribution in [0.2, 0.25) is 0 Å². The van der Waals surface area contributed by atoms with E-state index >= 15 is 0 Å². The summed E-state index contributed by atoms with van der Waals surface area (Å²) in [4.78, 5) is 30.7. The van der Waals surface area contributed by atoms with Crippen LogP contribution in [0.5, 0.6) is 0 Å². The zero-order valence-corrected chi connectivity index (χ0v) is 16.8. The molecule has 154 valence electrons. The Morgan fingerprint density at radius 1 is 0.966 bits per heavy atom. The minimum Gasteiger partial charge on any atom is -0.354 e. The molecule has 9 heteroatoms. The van der Waals surface area contributed by atoms with Gasteiger partial charge in [-0.15, -0.1) is 0 Å². The number of amides is 2. The number of pyridine rings is 1. The first-order valence-corrected chi connectivity index (χ1v) is 10.9. The number of rotatable bonds is 3. The predicted molar refractivity (Wildman–Crippen MR) is 108 cm³/mol. The van der Waals surface area contributed by atoms with Crippen molar-refractivity contribution in [3.63, 3.8) is 0 Å². The second-order valence-corrected chi connectivity index (χ2v) is 8.64. The van der Waals surface area contributed by atoms with E-state index in [4.69, 9.17) is 0 Å². The number of benzene rings is 1. The van der Waals surface area contributed by atoms with Gasteiger partial charge >= 0.3 is 0 Å². The van der Waals surface area contributed by atoms with Crippen molar-refractivity contribution in [1.82, 2.24) is 19.5 Å². The molecule has 1 aliphatic rings. The molecule has 0 unspecified atom stereocenters. The molecule has 2 aromatic rings. The van der Waals surface area contributed by atoms with Gasteiger partial charge in [0.15, 0.2) is 0 Å². The minimum absolute atomic E-state index is 0.0738. The molecule has 0 atom stereocenters. The first-order chi connectivity index (χ1) is 14.0. The van der Waals surface area contributed by atoms with Crippen LogP contribution >= 0.6 is 0 Å². The summed E-state index contributed by atoms with van der Waals surface area (Å²) in [5.41, 5.74) is 0.509. The average molecular weight is 417 g/mol. The van der Waals surface area contributed by atoms with Gasteiger partial charge in [-0.2, -0.15) is 4.31 Å². The summed E-state index contributed by atoms with van der Waals surface area (Å²) in [6.07, 6.45) is 3.65. The number of hydrogen-bond donors (Lipinski definition) is 1. The monoisotopic (exact) mass is 416 g/mol. The highest BCUT2D eigenvalue weighted by Gasteiger charge is 2.26. The fourth-order valence-electron chi connectivity index (χ4n) is 3.17. The second-order valence-electron chi connectivity index (χ2n) is 6.70. The third-order valence-electron chi connectivity index (χ3n) is 4.72. The van der Waals surface area contributed by atoms with Crippen molar-refractivity contribution in [2.45, 2.75) is 17.7 Å². The van der Waals surface area contributed by atoms with Crippen molar-refractivity contribution in [3.05, 3.63) is 60.4 Å². The topological polar surface area (TPSA) is 99.7 Å². The SMILES string of the molecule is O=C1CCN(S(=O)(=O)c2ccccc2)CCCN(C(=O)c2ccncc2)CCN1. The summed E-state index contributed by atoms with van der Waals surface area (Å²) >= 11 is 0. The normalized spacial score (nSPS) is 17.2. The van der Waals surface area contributed by atoms with Gasteiger partial charge in [-0.25, -0.2) is 8.42 Å². The lowest BCUT2D eigenvalue weighted by Crippen LogP contribution is -2.39. The summed E-state index contributed by atoms with van der Waals surface area (Å²) in [5, 5.41) is 2.76. The number of carbonyl (C=O) groups excluding carboxylic acids is 2. The second kappa shape index (κ2) is 9.62. The molecule has 1 aromatic heterocycles. The highest BCUT2D eigenvalue weighted by Crippen LogP contribution is 2.17. The Morgan fingerprint density at radius 2 is 1.69 bits per heavy atom. The van der Waals surface area contributed by atoms with Gasteiger partial charge in [-0.3, -0.25) is 14.6 Å². The van der Waals surface area contributed by atoms with Crippen LogP contribution < -0.4 is 5.32 Å².